The number of aromatic amines is 1. The Kier molecular flexibility index (Phi) is 5.53. The van der Waals surface area contributed by atoms with E-state index in [1.165, 1.54) is 24.2 Å². The summed E-state index contributed by atoms with van der Waals surface area (Å²) in [4.78, 5) is 2.51. The van der Waals surface area contributed by atoms with Crippen molar-refractivity contribution in [3.63, 3.8) is 0 Å². The molecule has 2 aliphatic heterocycles. The van der Waals surface area contributed by atoms with Crippen molar-refractivity contribution in [3.05, 3.63) is 35.7 Å². The lowest BCUT2D eigenvalue weighted by molar-refractivity contribution is 0.171. The molecule has 1 aromatic heterocycles. The molecule has 1 saturated heterocycles. The van der Waals surface area contributed by atoms with Gasteiger partial charge in [-0.05, 0) is 49.9 Å². The number of piperidine rings is 1. The predicted octanol–water partition coefficient (Wildman–Crippen LogP) is 3.46. The van der Waals surface area contributed by atoms with Crippen LogP contribution in [0.15, 0.2) is 24.3 Å². The third-order valence-electron chi connectivity index (χ3n) is 5.11. The fraction of sp³-hybridized carbons (Fsp3) is 0.571. The molecule has 2 N–H and O–H groups in total. The Hall–Kier alpha value is -2.21. The van der Waals surface area contributed by atoms with E-state index in [0.717, 1.165) is 43.2 Å². The van der Waals surface area contributed by atoms with E-state index in [2.05, 4.69) is 52.5 Å². The van der Waals surface area contributed by atoms with Crippen molar-refractivity contribution in [2.45, 2.75) is 45.7 Å². The Morgan fingerprint density at radius 1 is 1.22 bits per heavy atom. The van der Waals surface area contributed by atoms with Crippen LogP contribution in [0.1, 0.15) is 38.1 Å². The molecule has 1 atom stereocenters. The van der Waals surface area contributed by atoms with Gasteiger partial charge in [0.1, 0.15) is 13.2 Å². The van der Waals surface area contributed by atoms with E-state index in [1.807, 2.05) is 6.07 Å². The van der Waals surface area contributed by atoms with Crippen molar-refractivity contribution in [1.82, 2.24) is 15.1 Å². The SMILES string of the molecule is CC(C)Cc1cc(CN2CCCC(Nc3ccc4c(c3)OCCO4)C2)[nH]n1. The summed E-state index contributed by atoms with van der Waals surface area (Å²) in [5.74, 6) is 2.32. The maximum atomic E-state index is 5.70. The highest BCUT2D eigenvalue weighted by atomic mass is 16.6. The second kappa shape index (κ2) is 8.21. The summed E-state index contributed by atoms with van der Waals surface area (Å²) < 4.78 is 11.3. The minimum Gasteiger partial charge on any atom is -0.486 e. The first-order chi connectivity index (χ1) is 13.2. The van der Waals surface area contributed by atoms with Crippen LogP contribution in [0.5, 0.6) is 11.5 Å². The summed E-state index contributed by atoms with van der Waals surface area (Å²) in [6, 6.07) is 8.80. The zero-order valence-electron chi connectivity index (χ0n) is 16.3. The molecule has 0 bridgehead atoms. The van der Waals surface area contributed by atoms with E-state index >= 15 is 0 Å². The second-order valence-corrected chi connectivity index (χ2v) is 8.06. The number of nitrogens with zero attached hydrogens (tertiary/aromatic N) is 2. The number of H-pyrrole nitrogens is 1. The average Bonchev–Trinajstić information content (AvgIpc) is 3.08. The molecule has 146 valence electrons. The van der Waals surface area contributed by atoms with Gasteiger partial charge in [-0.3, -0.25) is 10.00 Å². The second-order valence-electron chi connectivity index (χ2n) is 8.06. The van der Waals surface area contributed by atoms with Crippen LogP contribution in [0.4, 0.5) is 5.69 Å². The van der Waals surface area contributed by atoms with Gasteiger partial charge in [-0.2, -0.15) is 5.10 Å². The fourth-order valence-corrected chi connectivity index (χ4v) is 3.94. The number of nitrogens with one attached hydrogen (secondary N) is 2. The van der Waals surface area contributed by atoms with E-state index in [9.17, 15) is 0 Å². The van der Waals surface area contributed by atoms with Gasteiger partial charge in [0.15, 0.2) is 11.5 Å². The monoisotopic (exact) mass is 370 g/mol. The minimum absolute atomic E-state index is 0.444. The highest BCUT2D eigenvalue weighted by Gasteiger charge is 2.21. The zero-order valence-corrected chi connectivity index (χ0v) is 16.3. The Morgan fingerprint density at radius 3 is 2.93 bits per heavy atom. The summed E-state index contributed by atoms with van der Waals surface area (Å²) in [6.45, 7) is 8.82. The molecule has 1 aromatic carbocycles. The van der Waals surface area contributed by atoms with Crippen LogP contribution in [0.3, 0.4) is 0 Å². The van der Waals surface area contributed by atoms with Crippen molar-refractivity contribution >= 4 is 5.69 Å². The molecule has 0 saturated carbocycles. The minimum atomic E-state index is 0.444. The van der Waals surface area contributed by atoms with E-state index in [1.54, 1.807) is 0 Å². The molecule has 1 unspecified atom stereocenters. The van der Waals surface area contributed by atoms with Gasteiger partial charge in [-0.15, -0.1) is 0 Å². The quantitative estimate of drug-likeness (QED) is 0.815. The van der Waals surface area contributed by atoms with Crippen molar-refractivity contribution < 1.29 is 9.47 Å². The van der Waals surface area contributed by atoms with E-state index in [0.29, 0.717) is 25.2 Å². The van der Waals surface area contributed by atoms with Crippen LogP contribution in [-0.2, 0) is 13.0 Å². The third kappa shape index (κ3) is 4.75. The number of fused-ring (bicyclic) bond motifs is 1. The summed E-state index contributed by atoms with van der Waals surface area (Å²) in [5, 5.41) is 11.3. The van der Waals surface area contributed by atoms with Gasteiger partial charge in [-0.25, -0.2) is 0 Å². The summed E-state index contributed by atoms with van der Waals surface area (Å²) in [7, 11) is 0. The summed E-state index contributed by atoms with van der Waals surface area (Å²) in [6.07, 6.45) is 3.42. The van der Waals surface area contributed by atoms with Gasteiger partial charge >= 0.3 is 0 Å². The lowest BCUT2D eigenvalue weighted by atomic mass is 10.0. The molecule has 0 aliphatic carbocycles. The van der Waals surface area contributed by atoms with Crippen LogP contribution in [0, 0.1) is 5.92 Å². The standard InChI is InChI=1S/C21H30N4O2/c1-15(2)10-18-11-19(24-23-18)14-25-7-3-4-17(13-25)22-16-5-6-20-21(12-16)27-9-8-26-20/h5-6,11-12,15,17,22H,3-4,7-10,13-14H2,1-2H3,(H,23,24). The van der Waals surface area contributed by atoms with Crippen LogP contribution in [0.2, 0.25) is 0 Å². The van der Waals surface area contributed by atoms with Gasteiger partial charge < -0.3 is 14.8 Å². The maximum absolute atomic E-state index is 5.70. The largest absolute Gasteiger partial charge is 0.486 e. The van der Waals surface area contributed by atoms with Gasteiger partial charge in [0.25, 0.3) is 0 Å². The number of anilines is 1. The molecule has 0 spiro atoms. The van der Waals surface area contributed by atoms with Gasteiger partial charge in [0.05, 0.1) is 5.69 Å². The highest BCUT2D eigenvalue weighted by molar-refractivity contribution is 5.55. The highest BCUT2D eigenvalue weighted by Crippen LogP contribution is 2.33. The van der Waals surface area contributed by atoms with Crippen LogP contribution >= 0.6 is 0 Å². The van der Waals surface area contributed by atoms with Crippen LogP contribution < -0.4 is 14.8 Å². The molecular weight excluding hydrogens is 340 g/mol. The summed E-state index contributed by atoms with van der Waals surface area (Å²) >= 11 is 0. The van der Waals surface area contributed by atoms with E-state index < -0.39 is 0 Å². The lowest BCUT2D eigenvalue weighted by Crippen LogP contribution is -2.41. The fourth-order valence-electron chi connectivity index (χ4n) is 3.94. The van der Waals surface area contributed by atoms with Gasteiger partial charge in [-0.1, -0.05) is 13.8 Å². The molecule has 3 heterocycles. The summed E-state index contributed by atoms with van der Waals surface area (Å²) in [5.41, 5.74) is 3.49. The smallest absolute Gasteiger partial charge is 0.163 e. The Labute approximate surface area is 161 Å². The molecular formula is C21H30N4O2. The van der Waals surface area contributed by atoms with Gasteiger partial charge in [0, 0.05) is 36.6 Å². The molecule has 2 aromatic rings. The van der Waals surface area contributed by atoms with Crippen molar-refractivity contribution in [2.24, 2.45) is 5.92 Å². The molecule has 2 aliphatic rings. The van der Waals surface area contributed by atoms with Crippen molar-refractivity contribution in [1.29, 1.82) is 0 Å². The zero-order chi connectivity index (χ0) is 18.6. The number of hydrogen-bond acceptors (Lipinski definition) is 5. The predicted molar refractivity (Wildman–Crippen MR) is 106 cm³/mol. The topological polar surface area (TPSA) is 62.4 Å². The van der Waals surface area contributed by atoms with Gasteiger partial charge in [0.2, 0.25) is 0 Å². The molecule has 1 fully saturated rings. The van der Waals surface area contributed by atoms with E-state index in [-0.39, 0.29) is 0 Å². The third-order valence-corrected chi connectivity index (χ3v) is 5.11. The van der Waals surface area contributed by atoms with Crippen molar-refractivity contribution in [3.8, 4) is 11.5 Å². The number of likely N-dealkylation sites (tertiary alicyclic amines) is 1. The molecule has 0 amide bonds. The van der Waals surface area contributed by atoms with E-state index in [4.69, 9.17) is 9.47 Å². The normalized spacial score (nSPS) is 20.0. The Bertz CT molecular complexity index is 758. The number of hydrogen-bond donors (Lipinski definition) is 2. The number of rotatable bonds is 6. The molecule has 6 nitrogen and oxygen atoms in total. The molecule has 0 radical (unpaired) electrons. The first-order valence-corrected chi connectivity index (χ1v) is 10.1. The first-order valence-electron chi connectivity index (χ1n) is 10.1. The maximum Gasteiger partial charge on any atom is 0.163 e. The Balaban J connectivity index is 1.33. The molecule has 4 rings (SSSR count). The van der Waals surface area contributed by atoms with Crippen molar-refractivity contribution in [2.75, 3.05) is 31.6 Å². The average molecular weight is 370 g/mol. The number of ether oxygens (including phenoxy) is 2. The number of aromatic nitrogens is 2. The molecule has 6 heteroatoms. The first kappa shape index (κ1) is 18.2. The Morgan fingerprint density at radius 2 is 2.07 bits per heavy atom. The number of benzene rings is 1. The van der Waals surface area contributed by atoms with Crippen LogP contribution in [0.25, 0.3) is 0 Å². The van der Waals surface area contributed by atoms with Crippen LogP contribution in [-0.4, -0.2) is 47.4 Å². The molecule has 27 heavy (non-hydrogen) atoms. The lowest BCUT2D eigenvalue weighted by Gasteiger charge is -2.33.